The van der Waals surface area contributed by atoms with Crippen molar-refractivity contribution in [2.75, 3.05) is 7.05 Å². The molecule has 0 atom stereocenters. The average molecular weight is 192 g/mol. The normalized spacial score (nSPS) is 15.2. The number of carboxylic acids is 1. The minimum atomic E-state index is -0.919. The fraction of sp³-hybridized carbons (Fsp3) is 0.429. The molecule has 66 valence electrons. The summed E-state index contributed by atoms with van der Waals surface area (Å²) in [5.74, 6) is -0.919. The number of hydrogen-bond donors (Lipinski definition) is 1. The molecule has 0 fully saturated rings. The molecule has 0 bridgehead atoms. The van der Waals surface area contributed by atoms with Crippen LogP contribution in [0.3, 0.4) is 0 Å². The molecule has 0 aliphatic carbocycles. The van der Waals surface area contributed by atoms with Gasteiger partial charge in [-0.1, -0.05) is 0 Å². The van der Waals surface area contributed by atoms with Gasteiger partial charge >= 0.3 is 24.8 Å². The molecule has 1 N–H and O–H groups in total. The van der Waals surface area contributed by atoms with Gasteiger partial charge in [-0.2, -0.15) is 0 Å². The Bertz CT molecular complexity index is 316. The van der Waals surface area contributed by atoms with E-state index in [1.54, 1.807) is 0 Å². The third kappa shape index (κ3) is 1.94. The second-order valence-electron chi connectivity index (χ2n) is 2.87. The number of nitrogens with zero attached hydrogens (tertiary/aromatic N) is 2. The van der Waals surface area contributed by atoms with Crippen LogP contribution in [0.1, 0.15) is 20.4 Å². The topological polar surface area (TPSA) is 53.4 Å². The number of aromatic carboxylic acids is 1. The standard InChI is InChI=1S/C7H8N2O2S.Li.H/c1-9-2-4-5(3-9)12-6(8-4)7(10)11;;/h2-3H2,1H3,(H,10,11);;. The van der Waals surface area contributed by atoms with E-state index in [2.05, 4.69) is 9.88 Å². The quantitative estimate of drug-likeness (QED) is 0.643. The molecule has 1 aliphatic heterocycles. The predicted molar refractivity (Wildman–Crippen MR) is 51.4 cm³/mol. The van der Waals surface area contributed by atoms with Gasteiger partial charge in [-0.15, -0.1) is 11.3 Å². The van der Waals surface area contributed by atoms with Gasteiger partial charge in [0.15, 0.2) is 0 Å². The summed E-state index contributed by atoms with van der Waals surface area (Å²) in [6, 6.07) is 0. The molecule has 0 spiro atoms. The summed E-state index contributed by atoms with van der Waals surface area (Å²) in [5, 5.41) is 8.86. The molecule has 2 heterocycles. The van der Waals surface area contributed by atoms with E-state index in [9.17, 15) is 4.79 Å². The second-order valence-corrected chi connectivity index (χ2v) is 3.95. The monoisotopic (exact) mass is 192 g/mol. The average Bonchev–Trinajstić information content (AvgIpc) is 2.42. The van der Waals surface area contributed by atoms with Crippen LogP contribution in [0.25, 0.3) is 0 Å². The van der Waals surface area contributed by atoms with Crippen LogP contribution in [-0.4, -0.2) is 46.9 Å². The Kier molecular flexibility index (Phi) is 3.14. The van der Waals surface area contributed by atoms with Crippen LogP contribution in [0, 0.1) is 0 Å². The first-order valence-electron chi connectivity index (χ1n) is 3.57. The Labute approximate surface area is 91.8 Å². The molecule has 0 saturated heterocycles. The van der Waals surface area contributed by atoms with Crippen LogP contribution < -0.4 is 0 Å². The number of rotatable bonds is 1. The molecule has 1 aliphatic rings. The van der Waals surface area contributed by atoms with E-state index in [1.165, 1.54) is 11.3 Å². The van der Waals surface area contributed by atoms with Crippen molar-refractivity contribution >= 4 is 36.2 Å². The van der Waals surface area contributed by atoms with E-state index >= 15 is 0 Å². The molecular formula is C7H9LiN2O2S. The van der Waals surface area contributed by atoms with Gasteiger partial charge in [0.1, 0.15) is 0 Å². The zero-order chi connectivity index (χ0) is 8.72. The molecule has 0 unspecified atom stereocenters. The van der Waals surface area contributed by atoms with E-state index in [0.29, 0.717) is 0 Å². The number of aromatic nitrogens is 1. The molecule has 2 rings (SSSR count). The van der Waals surface area contributed by atoms with Crippen molar-refractivity contribution in [3.05, 3.63) is 15.6 Å². The van der Waals surface area contributed by atoms with Gasteiger partial charge < -0.3 is 5.11 Å². The summed E-state index contributed by atoms with van der Waals surface area (Å²) in [6.07, 6.45) is 0. The van der Waals surface area contributed by atoms with Gasteiger partial charge in [0.05, 0.1) is 5.69 Å². The van der Waals surface area contributed by atoms with Gasteiger partial charge in [-0.3, -0.25) is 4.90 Å². The van der Waals surface area contributed by atoms with E-state index in [-0.39, 0.29) is 23.9 Å². The van der Waals surface area contributed by atoms with Gasteiger partial charge in [0.25, 0.3) is 0 Å². The minimum absolute atomic E-state index is 0. The summed E-state index contributed by atoms with van der Waals surface area (Å²) < 4.78 is 0. The van der Waals surface area contributed by atoms with Crippen molar-refractivity contribution in [3.63, 3.8) is 0 Å². The van der Waals surface area contributed by atoms with Gasteiger partial charge in [0, 0.05) is 18.0 Å². The number of carboxylic acid groups (broad SMARTS) is 1. The number of thiazole rings is 1. The van der Waals surface area contributed by atoms with Crippen LogP contribution in [-0.2, 0) is 13.1 Å². The number of carbonyl (C=O) groups is 1. The number of fused-ring (bicyclic) bond motifs is 1. The van der Waals surface area contributed by atoms with E-state index in [1.807, 2.05) is 7.05 Å². The van der Waals surface area contributed by atoms with Gasteiger partial charge in [-0.05, 0) is 7.05 Å². The zero-order valence-electron chi connectivity index (χ0n) is 6.57. The van der Waals surface area contributed by atoms with E-state index in [4.69, 9.17) is 5.11 Å². The van der Waals surface area contributed by atoms with Crippen LogP contribution >= 0.6 is 11.3 Å². The van der Waals surface area contributed by atoms with E-state index in [0.717, 1.165) is 23.7 Å². The SMILES string of the molecule is CN1Cc2nc(C(=O)O)sc2C1.[LiH]. The fourth-order valence-corrected chi connectivity index (χ4v) is 2.27. The third-order valence-electron chi connectivity index (χ3n) is 1.79. The van der Waals surface area contributed by atoms with Crippen LogP contribution in [0.2, 0.25) is 0 Å². The van der Waals surface area contributed by atoms with Crippen LogP contribution in [0.15, 0.2) is 0 Å². The van der Waals surface area contributed by atoms with Crippen LogP contribution in [0.5, 0.6) is 0 Å². The first-order valence-corrected chi connectivity index (χ1v) is 4.39. The van der Waals surface area contributed by atoms with Crippen molar-refractivity contribution in [2.24, 2.45) is 0 Å². The van der Waals surface area contributed by atoms with Crippen molar-refractivity contribution in [1.29, 1.82) is 0 Å². The molecule has 0 radical (unpaired) electrons. The molecule has 0 aromatic carbocycles. The number of hydrogen-bond acceptors (Lipinski definition) is 4. The second kappa shape index (κ2) is 3.80. The van der Waals surface area contributed by atoms with Crippen molar-refractivity contribution < 1.29 is 9.90 Å². The van der Waals surface area contributed by atoms with Crippen molar-refractivity contribution in [2.45, 2.75) is 13.1 Å². The summed E-state index contributed by atoms with van der Waals surface area (Å²) in [5.41, 5.74) is 0.930. The molecule has 1 aromatic rings. The fourth-order valence-electron chi connectivity index (χ4n) is 1.28. The first-order chi connectivity index (χ1) is 5.66. The summed E-state index contributed by atoms with van der Waals surface area (Å²) >= 11 is 1.28. The maximum absolute atomic E-state index is 10.5. The molecule has 6 heteroatoms. The molecule has 0 saturated carbocycles. The van der Waals surface area contributed by atoms with Crippen molar-refractivity contribution in [3.8, 4) is 0 Å². The van der Waals surface area contributed by atoms with Gasteiger partial charge in [0.2, 0.25) is 5.01 Å². The van der Waals surface area contributed by atoms with Crippen LogP contribution in [0.4, 0.5) is 0 Å². The van der Waals surface area contributed by atoms with Gasteiger partial charge in [-0.25, -0.2) is 9.78 Å². The Balaban J connectivity index is 0.000000845. The summed E-state index contributed by atoms with van der Waals surface area (Å²) in [4.78, 5) is 17.7. The zero-order valence-corrected chi connectivity index (χ0v) is 7.39. The molecule has 13 heavy (non-hydrogen) atoms. The summed E-state index contributed by atoms with van der Waals surface area (Å²) in [7, 11) is 1.99. The third-order valence-corrected chi connectivity index (χ3v) is 2.86. The Morgan fingerprint density at radius 2 is 2.31 bits per heavy atom. The van der Waals surface area contributed by atoms with Crippen molar-refractivity contribution in [1.82, 2.24) is 9.88 Å². The predicted octanol–water partition coefficient (Wildman–Crippen LogP) is 0.138. The Morgan fingerprint density at radius 3 is 2.85 bits per heavy atom. The molecule has 0 amide bonds. The Morgan fingerprint density at radius 1 is 1.62 bits per heavy atom. The summed E-state index contributed by atoms with van der Waals surface area (Å²) in [6.45, 7) is 1.61. The molecule has 4 nitrogen and oxygen atoms in total. The molecule has 1 aromatic heterocycles. The first kappa shape index (κ1) is 10.7. The maximum atomic E-state index is 10.5. The van der Waals surface area contributed by atoms with E-state index < -0.39 is 5.97 Å². The molecular weight excluding hydrogens is 183 g/mol. The Hall–Kier alpha value is -0.343.